The van der Waals surface area contributed by atoms with E-state index in [2.05, 4.69) is 27.3 Å². The fourth-order valence-electron chi connectivity index (χ4n) is 5.03. The normalized spacial score (nSPS) is 23.9. The maximum atomic E-state index is 13.3. The highest BCUT2D eigenvalue weighted by Crippen LogP contribution is 2.58. The molecule has 0 aromatic carbocycles. The van der Waals surface area contributed by atoms with Gasteiger partial charge in [-0.15, -0.1) is 0 Å². The number of aryl methyl sites for hydroxylation is 1. The molecule has 1 N–H and O–H groups in total. The van der Waals surface area contributed by atoms with Crippen LogP contribution < -0.4 is 10.1 Å². The number of hydrogen-bond acceptors (Lipinski definition) is 7. The summed E-state index contributed by atoms with van der Waals surface area (Å²) in [5.74, 6) is 0.386. The topological polar surface area (TPSA) is 108 Å². The summed E-state index contributed by atoms with van der Waals surface area (Å²) in [5, 5.41) is 7.18. The molecular formula is C23H25N7O3. The minimum Gasteiger partial charge on any atom is -0.474 e. The Balaban J connectivity index is 1.37. The number of aromatic nitrogens is 6. The number of fused-ring (bicyclic) bond motifs is 3. The van der Waals surface area contributed by atoms with Crippen LogP contribution in [0.15, 0.2) is 31.0 Å². The van der Waals surface area contributed by atoms with Crippen LogP contribution in [0.25, 0.3) is 11.4 Å². The Kier molecular flexibility index (Phi) is 4.10. The SMILES string of the molecule is Cc1cnc2c(NC(=O)c3cn4cc(C56COC(C)(C5)C6)nc4nc3OC(C)C)cnn2c1. The van der Waals surface area contributed by atoms with Gasteiger partial charge in [0.1, 0.15) is 11.3 Å². The van der Waals surface area contributed by atoms with Crippen molar-refractivity contribution in [2.75, 3.05) is 11.9 Å². The van der Waals surface area contributed by atoms with E-state index in [9.17, 15) is 4.79 Å². The third-order valence-corrected chi connectivity index (χ3v) is 6.40. The smallest absolute Gasteiger partial charge is 0.262 e. The molecule has 2 bridgehead atoms. The van der Waals surface area contributed by atoms with Gasteiger partial charge in [0, 0.05) is 30.2 Å². The standard InChI is InChI=1S/C23H25N7O3/c1-13(2)33-20-15(19(31)26-16-6-25-30-7-14(3)5-24-18(16)30)8-29-9-17(27-21(29)28-20)23-10-22(4,11-23)32-12-23/h5-9,13H,10-12H2,1-4H3,(H,26,31). The van der Waals surface area contributed by atoms with Gasteiger partial charge in [0.2, 0.25) is 11.7 Å². The monoisotopic (exact) mass is 447 g/mol. The van der Waals surface area contributed by atoms with Crippen LogP contribution in [0.4, 0.5) is 5.69 Å². The van der Waals surface area contributed by atoms with E-state index in [4.69, 9.17) is 14.5 Å². The van der Waals surface area contributed by atoms with Gasteiger partial charge in [-0.2, -0.15) is 10.1 Å². The van der Waals surface area contributed by atoms with E-state index in [1.165, 1.54) is 0 Å². The van der Waals surface area contributed by atoms with Crippen LogP contribution in [0.2, 0.25) is 0 Å². The van der Waals surface area contributed by atoms with E-state index in [1.807, 2.05) is 33.2 Å². The lowest BCUT2D eigenvalue weighted by atomic mass is 9.62. The fourth-order valence-corrected chi connectivity index (χ4v) is 5.03. The Morgan fingerprint density at radius 3 is 2.76 bits per heavy atom. The molecular weight excluding hydrogens is 422 g/mol. The summed E-state index contributed by atoms with van der Waals surface area (Å²) in [6.45, 7) is 8.53. The molecule has 0 spiro atoms. The van der Waals surface area contributed by atoms with Crippen LogP contribution in [-0.4, -0.2) is 53.2 Å². The first-order valence-corrected chi connectivity index (χ1v) is 11.1. The second-order valence-electron chi connectivity index (χ2n) is 9.74. The van der Waals surface area contributed by atoms with Gasteiger partial charge in [0.25, 0.3) is 5.91 Å². The van der Waals surface area contributed by atoms with E-state index >= 15 is 0 Å². The molecule has 10 heteroatoms. The molecule has 2 aliphatic heterocycles. The number of carbonyl (C=O) groups excluding carboxylic acids is 1. The summed E-state index contributed by atoms with van der Waals surface area (Å²) in [6, 6.07) is 0. The Hall–Kier alpha value is -3.53. The average molecular weight is 447 g/mol. The second kappa shape index (κ2) is 6.74. The molecule has 10 nitrogen and oxygen atoms in total. The third-order valence-electron chi connectivity index (χ3n) is 6.40. The lowest BCUT2D eigenvalue weighted by Crippen LogP contribution is -2.45. The molecule has 2 saturated heterocycles. The molecule has 4 aromatic heterocycles. The number of anilines is 1. The van der Waals surface area contributed by atoms with Crippen LogP contribution in [-0.2, 0) is 10.2 Å². The van der Waals surface area contributed by atoms with Crippen LogP contribution in [0.5, 0.6) is 5.88 Å². The molecule has 1 amide bonds. The average Bonchev–Trinajstić information content (AvgIpc) is 3.48. The summed E-state index contributed by atoms with van der Waals surface area (Å²) in [4.78, 5) is 27.0. The second-order valence-corrected chi connectivity index (χ2v) is 9.74. The number of nitrogens with zero attached hydrogens (tertiary/aromatic N) is 6. The van der Waals surface area contributed by atoms with Crippen molar-refractivity contribution >= 4 is 23.0 Å². The molecule has 0 unspecified atom stereocenters. The summed E-state index contributed by atoms with van der Waals surface area (Å²) in [6.07, 6.45) is 10.6. The van der Waals surface area contributed by atoms with E-state index in [0.717, 1.165) is 24.1 Å². The molecule has 3 fully saturated rings. The Labute approximate surface area is 190 Å². The van der Waals surface area contributed by atoms with Crippen molar-refractivity contribution < 1.29 is 14.3 Å². The van der Waals surface area contributed by atoms with Gasteiger partial charge in [0.15, 0.2) is 5.65 Å². The van der Waals surface area contributed by atoms with Crippen LogP contribution in [0, 0.1) is 6.92 Å². The van der Waals surface area contributed by atoms with Crippen molar-refractivity contribution in [1.29, 1.82) is 0 Å². The highest BCUT2D eigenvalue weighted by molar-refractivity contribution is 6.07. The van der Waals surface area contributed by atoms with Crippen LogP contribution in [0.1, 0.15) is 55.2 Å². The van der Waals surface area contributed by atoms with Crippen molar-refractivity contribution in [2.24, 2.45) is 0 Å². The zero-order valence-electron chi connectivity index (χ0n) is 19.0. The third kappa shape index (κ3) is 3.16. The molecule has 3 aliphatic rings. The molecule has 6 heterocycles. The van der Waals surface area contributed by atoms with E-state index < -0.39 is 0 Å². The first-order chi connectivity index (χ1) is 15.7. The van der Waals surface area contributed by atoms with Gasteiger partial charge >= 0.3 is 0 Å². The highest BCUT2D eigenvalue weighted by atomic mass is 16.5. The van der Waals surface area contributed by atoms with Crippen LogP contribution >= 0.6 is 0 Å². The minimum atomic E-state index is -0.355. The summed E-state index contributed by atoms with van der Waals surface area (Å²) < 4.78 is 15.3. The predicted molar refractivity (Wildman–Crippen MR) is 120 cm³/mol. The van der Waals surface area contributed by atoms with Crippen molar-refractivity contribution in [2.45, 2.75) is 57.7 Å². The molecule has 0 atom stereocenters. The van der Waals surface area contributed by atoms with E-state index in [-0.39, 0.29) is 28.9 Å². The van der Waals surface area contributed by atoms with Crippen molar-refractivity contribution in [3.63, 3.8) is 0 Å². The molecule has 170 valence electrons. The lowest BCUT2D eigenvalue weighted by molar-refractivity contribution is 0.0154. The minimum absolute atomic E-state index is 0.0405. The zero-order valence-corrected chi connectivity index (χ0v) is 19.0. The fraction of sp³-hybridized carbons (Fsp3) is 0.435. The van der Waals surface area contributed by atoms with Gasteiger partial charge in [-0.05, 0) is 46.1 Å². The van der Waals surface area contributed by atoms with Gasteiger partial charge < -0.3 is 14.8 Å². The number of amides is 1. The molecule has 7 rings (SSSR count). The largest absolute Gasteiger partial charge is 0.474 e. The Bertz CT molecular complexity index is 1410. The number of nitrogens with one attached hydrogen (secondary N) is 1. The summed E-state index contributed by atoms with van der Waals surface area (Å²) >= 11 is 0. The van der Waals surface area contributed by atoms with Crippen molar-refractivity contribution in [3.8, 4) is 5.88 Å². The number of ether oxygens (including phenoxy) is 2. The van der Waals surface area contributed by atoms with Crippen molar-refractivity contribution in [3.05, 3.63) is 47.8 Å². The number of rotatable bonds is 5. The van der Waals surface area contributed by atoms with E-state index in [0.29, 0.717) is 29.3 Å². The van der Waals surface area contributed by atoms with Gasteiger partial charge in [-0.1, -0.05) is 0 Å². The molecule has 1 aliphatic carbocycles. The predicted octanol–water partition coefficient (Wildman–Crippen LogP) is 2.94. The molecule has 0 radical (unpaired) electrons. The Morgan fingerprint density at radius 1 is 1.21 bits per heavy atom. The van der Waals surface area contributed by atoms with Gasteiger partial charge in [0.05, 0.1) is 30.2 Å². The summed E-state index contributed by atoms with van der Waals surface area (Å²) in [5.41, 5.74) is 3.20. The summed E-state index contributed by atoms with van der Waals surface area (Å²) in [7, 11) is 0. The quantitative estimate of drug-likeness (QED) is 0.501. The Morgan fingerprint density at radius 2 is 2.03 bits per heavy atom. The van der Waals surface area contributed by atoms with E-state index in [1.54, 1.807) is 27.5 Å². The zero-order chi connectivity index (χ0) is 23.0. The maximum absolute atomic E-state index is 13.3. The molecule has 33 heavy (non-hydrogen) atoms. The lowest BCUT2D eigenvalue weighted by Gasteiger charge is -2.41. The van der Waals surface area contributed by atoms with Gasteiger partial charge in [-0.3, -0.25) is 9.20 Å². The van der Waals surface area contributed by atoms with Gasteiger partial charge in [-0.25, -0.2) is 14.5 Å². The molecule has 4 aromatic rings. The maximum Gasteiger partial charge on any atom is 0.262 e. The number of carbonyl (C=O) groups is 1. The first kappa shape index (κ1) is 20.1. The van der Waals surface area contributed by atoms with Crippen molar-refractivity contribution in [1.82, 2.24) is 29.0 Å². The number of hydrogen-bond donors (Lipinski definition) is 1. The first-order valence-electron chi connectivity index (χ1n) is 11.1. The highest BCUT2D eigenvalue weighted by Gasteiger charge is 2.61. The van der Waals surface area contributed by atoms with Crippen LogP contribution in [0.3, 0.4) is 0 Å². The molecule has 1 saturated carbocycles. The number of imidazole rings is 1.